The van der Waals surface area contributed by atoms with Crippen LogP contribution >= 0.6 is 0 Å². The van der Waals surface area contributed by atoms with Crippen LogP contribution in [0.5, 0.6) is 23.0 Å². The predicted molar refractivity (Wildman–Crippen MR) is 240 cm³/mol. The molecule has 0 fully saturated rings. The molecule has 2 heterocycles. The molecular formula is C52H56N2O4. The minimum absolute atomic E-state index is 0.0327. The molecule has 0 aliphatic rings. The van der Waals surface area contributed by atoms with Gasteiger partial charge in [0.2, 0.25) is 0 Å². The number of rotatable bonds is 4. The van der Waals surface area contributed by atoms with Crippen LogP contribution in [0.1, 0.15) is 105 Å². The van der Waals surface area contributed by atoms with Crippen molar-refractivity contribution in [3.63, 3.8) is 0 Å². The molecule has 0 saturated carbocycles. The number of nitrogens with zero attached hydrogens (tertiary/aromatic N) is 2. The molecule has 0 spiro atoms. The average molecular weight is 773 g/mol. The van der Waals surface area contributed by atoms with Gasteiger partial charge in [-0.2, -0.15) is 0 Å². The Labute approximate surface area is 342 Å². The molecule has 0 radical (unpaired) electrons. The summed E-state index contributed by atoms with van der Waals surface area (Å²) in [4.78, 5) is 10.4. The molecule has 0 amide bonds. The summed E-state index contributed by atoms with van der Waals surface area (Å²) in [5, 5.41) is 48.3. The molecule has 6 nitrogen and oxygen atoms in total. The van der Waals surface area contributed by atoms with Gasteiger partial charge >= 0.3 is 0 Å². The Morgan fingerprint density at radius 1 is 0.328 bits per heavy atom. The van der Waals surface area contributed by atoms with E-state index in [0.29, 0.717) is 55.8 Å². The standard InChI is InChI=1S/C52H56N2O4/c1-49(2,3)31-17-21-43(55)35(23-31)37-25-33(51(7,8)9)27-39(47(37)57)41-19-15-29-13-14-30-16-20-42(54-46(30)45(29)53-41)40-28-34(52(10,11)12)26-38(48(40)58)36-24-32(50(4,5)6)18-22-44(36)56/h13-28,55-58H,1-12H3. The predicted octanol–water partition coefficient (Wildman–Crippen LogP) is 13.5. The fourth-order valence-electron chi connectivity index (χ4n) is 7.44. The number of benzene rings is 5. The van der Waals surface area contributed by atoms with Gasteiger partial charge in [0, 0.05) is 44.2 Å². The maximum Gasteiger partial charge on any atom is 0.132 e. The van der Waals surface area contributed by atoms with Crippen molar-refractivity contribution in [2.24, 2.45) is 0 Å². The summed E-state index contributed by atoms with van der Waals surface area (Å²) in [6, 6.07) is 30.9. The summed E-state index contributed by atoms with van der Waals surface area (Å²) in [5.41, 5.74) is 8.91. The monoisotopic (exact) mass is 772 g/mol. The Morgan fingerprint density at radius 3 is 0.948 bits per heavy atom. The first-order valence-electron chi connectivity index (χ1n) is 20.1. The fraction of sp³-hybridized carbons (Fsp3) is 0.308. The largest absolute Gasteiger partial charge is 0.507 e. The van der Waals surface area contributed by atoms with Crippen LogP contribution in [-0.2, 0) is 21.7 Å². The number of fused-ring (bicyclic) bond motifs is 3. The summed E-state index contributed by atoms with van der Waals surface area (Å²) < 4.78 is 0. The minimum Gasteiger partial charge on any atom is -0.507 e. The van der Waals surface area contributed by atoms with Gasteiger partial charge in [-0.1, -0.05) is 119 Å². The second-order valence-electron chi connectivity index (χ2n) is 19.9. The van der Waals surface area contributed by atoms with Gasteiger partial charge < -0.3 is 20.4 Å². The van der Waals surface area contributed by atoms with Crippen LogP contribution in [0.4, 0.5) is 0 Å². The number of phenolic OH excluding ortho intramolecular Hbond substituents is 4. The second kappa shape index (κ2) is 13.9. The zero-order valence-corrected chi connectivity index (χ0v) is 35.9. The first-order valence-corrected chi connectivity index (χ1v) is 20.1. The van der Waals surface area contributed by atoms with Crippen molar-refractivity contribution in [2.45, 2.75) is 105 Å². The lowest BCUT2D eigenvalue weighted by Gasteiger charge is -2.24. The quantitative estimate of drug-likeness (QED) is 0.133. The van der Waals surface area contributed by atoms with Crippen molar-refractivity contribution in [2.75, 3.05) is 0 Å². The number of aromatic hydroxyl groups is 4. The Balaban J connectivity index is 1.45. The lowest BCUT2D eigenvalue weighted by Crippen LogP contribution is -2.12. The third-order valence-electron chi connectivity index (χ3n) is 11.3. The molecule has 298 valence electrons. The third-order valence-corrected chi connectivity index (χ3v) is 11.3. The van der Waals surface area contributed by atoms with E-state index in [4.69, 9.17) is 9.97 Å². The van der Waals surface area contributed by atoms with E-state index >= 15 is 0 Å². The van der Waals surface area contributed by atoms with Crippen molar-refractivity contribution < 1.29 is 20.4 Å². The molecule has 6 heteroatoms. The Bertz CT molecular complexity index is 2560. The second-order valence-corrected chi connectivity index (χ2v) is 19.9. The molecule has 4 N–H and O–H groups in total. The first kappa shape index (κ1) is 40.3. The number of phenols is 4. The first-order chi connectivity index (χ1) is 26.9. The van der Waals surface area contributed by atoms with Crippen LogP contribution in [0.2, 0.25) is 0 Å². The molecule has 7 rings (SSSR count). The highest BCUT2D eigenvalue weighted by atomic mass is 16.3. The summed E-state index contributed by atoms with van der Waals surface area (Å²) in [6.45, 7) is 25.5. The highest BCUT2D eigenvalue weighted by molar-refractivity contribution is 6.04. The van der Waals surface area contributed by atoms with Crippen molar-refractivity contribution in [1.82, 2.24) is 9.97 Å². The van der Waals surface area contributed by atoms with E-state index in [1.54, 1.807) is 12.1 Å². The summed E-state index contributed by atoms with van der Waals surface area (Å²) in [6.07, 6.45) is 0. The summed E-state index contributed by atoms with van der Waals surface area (Å²) >= 11 is 0. The van der Waals surface area contributed by atoms with E-state index in [9.17, 15) is 20.4 Å². The molecule has 0 atom stereocenters. The molecule has 0 unspecified atom stereocenters. The normalized spacial score (nSPS) is 12.8. The molecule has 0 aliphatic heterocycles. The van der Waals surface area contributed by atoms with Crippen LogP contribution in [-0.4, -0.2) is 30.4 Å². The van der Waals surface area contributed by atoms with Crippen LogP contribution in [0.15, 0.2) is 97.1 Å². The van der Waals surface area contributed by atoms with E-state index in [1.165, 1.54) is 0 Å². The highest BCUT2D eigenvalue weighted by Gasteiger charge is 2.26. The average Bonchev–Trinajstić information content (AvgIpc) is 3.13. The molecule has 5 aromatic carbocycles. The molecule has 0 aliphatic carbocycles. The zero-order valence-electron chi connectivity index (χ0n) is 35.9. The maximum absolute atomic E-state index is 12.1. The summed E-state index contributed by atoms with van der Waals surface area (Å²) in [7, 11) is 0. The SMILES string of the molecule is CC(C)(C)c1ccc(O)c(-c2cc(C(C)(C)C)cc(-c3ccc4ccc5ccc(-c6cc(C(C)(C)C)cc(-c7cc(C(C)(C)C)ccc7O)c6O)nc5c4n3)c2O)c1. The van der Waals surface area contributed by atoms with E-state index < -0.39 is 0 Å². The van der Waals surface area contributed by atoms with Gasteiger partial charge in [0.15, 0.2) is 0 Å². The van der Waals surface area contributed by atoms with Crippen LogP contribution in [0, 0.1) is 0 Å². The summed E-state index contributed by atoms with van der Waals surface area (Å²) in [5.74, 6) is 0.248. The van der Waals surface area contributed by atoms with Gasteiger partial charge in [-0.25, -0.2) is 9.97 Å². The lowest BCUT2D eigenvalue weighted by atomic mass is 9.81. The van der Waals surface area contributed by atoms with E-state index in [-0.39, 0.29) is 44.7 Å². The Morgan fingerprint density at radius 2 is 0.621 bits per heavy atom. The number of pyridine rings is 2. The number of aromatic nitrogens is 2. The Kier molecular flexibility index (Phi) is 9.66. The van der Waals surface area contributed by atoms with Crippen molar-refractivity contribution in [1.29, 1.82) is 0 Å². The van der Waals surface area contributed by atoms with Gasteiger partial charge in [0.05, 0.1) is 22.4 Å². The van der Waals surface area contributed by atoms with Gasteiger partial charge in [0.25, 0.3) is 0 Å². The molecule has 7 aromatic rings. The van der Waals surface area contributed by atoms with E-state index in [0.717, 1.165) is 33.0 Å². The maximum atomic E-state index is 12.1. The van der Waals surface area contributed by atoms with E-state index in [2.05, 4.69) is 83.1 Å². The lowest BCUT2D eigenvalue weighted by molar-refractivity contribution is 0.468. The number of hydrogen-bond donors (Lipinski definition) is 4. The van der Waals surface area contributed by atoms with Gasteiger partial charge in [-0.3, -0.25) is 0 Å². The van der Waals surface area contributed by atoms with E-state index in [1.807, 2.05) is 84.9 Å². The van der Waals surface area contributed by atoms with Crippen molar-refractivity contribution >= 4 is 21.8 Å². The van der Waals surface area contributed by atoms with Gasteiger partial charge in [-0.15, -0.1) is 0 Å². The smallest absolute Gasteiger partial charge is 0.132 e. The van der Waals surface area contributed by atoms with Crippen LogP contribution in [0.3, 0.4) is 0 Å². The molecular weight excluding hydrogens is 717 g/mol. The highest BCUT2D eigenvalue weighted by Crippen LogP contribution is 2.47. The third kappa shape index (κ3) is 7.48. The van der Waals surface area contributed by atoms with Gasteiger partial charge in [0.1, 0.15) is 23.0 Å². The van der Waals surface area contributed by atoms with Crippen LogP contribution in [0.25, 0.3) is 66.6 Å². The number of hydrogen-bond acceptors (Lipinski definition) is 6. The van der Waals surface area contributed by atoms with Crippen molar-refractivity contribution in [3.05, 3.63) is 119 Å². The molecule has 0 saturated heterocycles. The molecule has 0 bridgehead atoms. The zero-order chi connectivity index (χ0) is 42.3. The topological polar surface area (TPSA) is 107 Å². The molecule has 58 heavy (non-hydrogen) atoms. The van der Waals surface area contributed by atoms with Gasteiger partial charge in [-0.05, 0) is 105 Å². The Hall–Kier alpha value is -5.88. The minimum atomic E-state index is -0.276. The molecule has 2 aromatic heterocycles. The van der Waals surface area contributed by atoms with Crippen LogP contribution < -0.4 is 0 Å². The fourth-order valence-corrected chi connectivity index (χ4v) is 7.44. The van der Waals surface area contributed by atoms with Crippen molar-refractivity contribution in [3.8, 4) is 67.8 Å².